The second kappa shape index (κ2) is 16.4. The van der Waals surface area contributed by atoms with Crippen LogP contribution < -0.4 is 0 Å². The molecule has 1 rings (SSSR count). The zero-order valence-electron chi connectivity index (χ0n) is 11.8. The molecule has 0 atom stereocenters. The minimum atomic E-state index is 1.36. The van der Waals surface area contributed by atoms with Crippen LogP contribution in [0.3, 0.4) is 0 Å². The van der Waals surface area contributed by atoms with Gasteiger partial charge >= 0.3 is 0 Å². The number of likely N-dealkylation sites (tertiary alicyclic amines) is 1. The molecule has 0 N–H and O–H groups in total. The highest BCUT2D eigenvalue weighted by Gasteiger charge is 2.08. The van der Waals surface area contributed by atoms with Gasteiger partial charge in [-0.05, 0) is 38.9 Å². The molecule has 1 aliphatic heterocycles. The minimum absolute atomic E-state index is 1.36. The van der Waals surface area contributed by atoms with Crippen molar-refractivity contribution in [2.75, 3.05) is 19.6 Å². The molecule has 0 aliphatic carbocycles. The number of piperidine rings is 1. The van der Waals surface area contributed by atoms with E-state index in [9.17, 15) is 0 Å². The summed E-state index contributed by atoms with van der Waals surface area (Å²) in [5.41, 5.74) is 0. The van der Waals surface area contributed by atoms with Crippen LogP contribution in [0.15, 0.2) is 0 Å². The molecule has 0 unspecified atom stereocenters. The Morgan fingerprint density at radius 3 is 1.80 bits per heavy atom. The highest BCUT2D eigenvalue weighted by Crippen LogP contribution is 2.09. The molecule has 0 aromatic heterocycles. The molecule has 0 aromatic carbocycles. The zero-order valence-corrected chi connectivity index (χ0v) is 11.8. The molecular formula is C14H33N. The molecular weight excluding hydrogens is 182 g/mol. The largest absolute Gasteiger partial charge is 0.303 e. The third-order valence-electron chi connectivity index (χ3n) is 2.53. The van der Waals surface area contributed by atoms with Crippen molar-refractivity contribution in [3.05, 3.63) is 0 Å². The van der Waals surface area contributed by atoms with E-state index in [4.69, 9.17) is 0 Å². The van der Waals surface area contributed by atoms with Gasteiger partial charge in [0.1, 0.15) is 0 Å². The molecule has 1 nitrogen and oxygen atoms in total. The lowest BCUT2D eigenvalue weighted by Crippen LogP contribution is -2.30. The van der Waals surface area contributed by atoms with Crippen molar-refractivity contribution >= 4 is 0 Å². The lowest BCUT2D eigenvalue weighted by molar-refractivity contribution is 0.224. The molecule has 15 heavy (non-hydrogen) atoms. The van der Waals surface area contributed by atoms with Crippen molar-refractivity contribution in [1.82, 2.24) is 4.90 Å². The van der Waals surface area contributed by atoms with Crippen LogP contribution in [-0.2, 0) is 0 Å². The minimum Gasteiger partial charge on any atom is -0.303 e. The highest BCUT2D eigenvalue weighted by atomic mass is 15.1. The molecule has 0 spiro atoms. The summed E-state index contributed by atoms with van der Waals surface area (Å²) in [5, 5.41) is 0. The van der Waals surface area contributed by atoms with Crippen molar-refractivity contribution in [1.29, 1.82) is 0 Å². The van der Waals surface area contributed by atoms with Gasteiger partial charge in [-0.15, -0.1) is 0 Å². The average Bonchev–Trinajstić information content (AvgIpc) is 2.36. The van der Waals surface area contributed by atoms with Gasteiger partial charge in [0.25, 0.3) is 0 Å². The second-order valence-electron chi connectivity index (χ2n) is 3.61. The van der Waals surface area contributed by atoms with Crippen molar-refractivity contribution in [3.8, 4) is 0 Å². The first-order valence-electron chi connectivity index (χ1n) is 7.16. The van der Waals surface area contributed by atoms with E-state index in [2.05, 4.69) is 11.8 Å². The van der Waals surface area contributed by atoms with Crippen LogP contribution in [0.4, 0.5) is 0 Å². The Morgan fingerprint density at radius 2 is 1.33 bits per heavy atom. The fourth-order valence-corrected chi connectivity index (χ4v) is 1.77. The van der Waals surface area contributed by atoms with Crippen LogP contribution in [0.25, 0.3) is 0 Å². The molecule has 94 valence electrons. The molecule has 1 heterocycles. The summed E-state index contributed by atoms with van der Waals surface area (Å²) in [4.78, 5) is 2.62. The summed E-state index contributed by atoms with van der Waals surface area (Å²) in [6, 6.07) is 0. The van der Waals surface area contributed by atoms with Crippen LogP contribution in [-0.4, -0.2) is 24.5 Å². The number of unbranched alkanes of at least 4 members (excludes halogenated alkanes) is 2. The zero-order chi connectivity index (χ0) is 11.9. The Labute approximate surface area is 98.2 Å². The number of rotatable bonds is 4. The predicted molar refractivity (Wildman–Crippen MR) is 72.5 cm³/mol. The van der Waals surface area contributed by atoms with Crippen LogP contribution >= 0.6 is 0 Å². The number of hydrogen-bond acceptors (Lipinski definition) is 1. The Balaban J connectivity index is 0. The van der Waals surface area contributed by atoms with Gasteiger partial charge in [-0.2, -0.15) is 0 Å². The monoisotopic (exact) mass is 215 g/mol. The van der Waals surface area contributed by atoms with Crippen LogP contribution in [0.2, 0.25) is 0 Å². The van der Waals surface area contributed by atoms with Crippen molar-refractivity contribution in [3.63, 3.8) is 0 Å². The predicted octanol–water partition coefficient (Wildman–Crippen LogP) is 4.71. The van der Waals surface area contributed by atoms with Gasteiger partial charge in [0.05, 0.1) is 0 Å². The van der Waals surface area contributed by atoms with Gasteiger partial charge in [0, 0.05) is 0 Å². The van der Waals surface area contributed by atoms with Crippen LogP contribution in [0.5, 0.6) is 0 Å². The normalized spacial score (nSPS) is 15.8. The lowest BCUT2D eigenvalue weighted by Gasteiger charge is -2.26. The third kappa shape index (κ3) is 11.9. The van der Waals surface area contributed by atoms with Crippen molar-refractivity contribution in [2.45, 2.75) is 73.1 Å². The molecule has 0 amide bonds. The van der Waals surface area contributed by atoms with Crippen molar-refractivity contribution in [2.24, 2.45) is 0 Å². The van der Waals surface area contributed by atoms with E-state index < -0.39 is 0 Å². The van der Waals surface area contributed by atoms with E-state index in [1.165, 1.54) is 58.2 Å². The Bertz CT molecular complexity index is 85.3. The van der Waals surface area contributed by atoms with Gasteiger partial charge in [0.15, 0.2) is 0 Å². The molecule has 0 aromatic rings. The molecule has 1 fully saturated rings. The standard InChI is InChI=1S/C10H21N.2C2H6/c1-2-3-5-8-11-9-6-4-7-10-11;2*1-2/h2-10H2,1H3;2*1-2H3. The lowest BCUT2D eigenvalue weighted by atomic mass is 10.1. The summed E-state index contributed by atoms with van der Waals surface area (Å²) in [6.45, 7) is 14.4. The Morgan fingerprint density at radius 1 is 0.800 bits per heavy atom. The summed E-state index contributed by atoms with van der Waals surface area (Å²) >= 11 is 0. The SMILES string of the molecule is CC.CC.CCCCCN1CCCCC1. The second-order valence-corrected chi connectivity index (χ2v) is 3.61. The van der Waals surface area contributed by atoms with E-state index in [0.29, 0.717) is 0 Å². The molecule has 1 heteroatoms. The quantitative estimate of drug-likeness (QED) is 0.614. The maximum Gasteiger partial charge on any atom is -0.00187 e. The van der Waals surface area contributed by atoms with E-state index in [0.717, 1.165) is 0 Å². The van der Waals surface area contributed by atoms with Gasteiger partial charge < -0.3 is 4.90 Å². The summed E-state index contributed by atoms with van der Waals surface area (Å²) in [5.74, 6) is 0. The molecule has 1 saturated heterocycles. The maximum absolute atomic E-state index is 2.62. The molecule has 1 aliphatic rings. The highest BCUT2D eigenvalue weighted by molar-refractivity contribution is 4.63. The average molecular weight is 215 g/mol. The van der Waals surface area contributed by atoms with E-state index in [1.807, 2.05) is 27.7 Å². The van der Waals surface area contributed by atoms with Crippen LogP contribution in [0, 0.1) is 0 Å². The Kier molecular flexibility index (Phi) is 19.0. The van der Waals surface area contributed by atoms with Gasteiger partial charge in [-0.3, -0.25) is 0 Å². The van der Waals surface area contributed by atoms with Gasteiger partial charge in [-0.25, -0.2) is 0 Å². The van der Waals surface area contributed by atoms with E-state index in [-0.39, 0.29) is 0 Å². The number of nitrogens with zero attached hydrogens (tertiary/aromatic N) is 1. The number of hydrogen-bond donors (Lipinski definition) is 0. The molecule has 0 saturated carbocycles. The fourth-order valence-electron chi connectivity index (χ4n) is 1.77. The third-order valence-corrected chi connectivity index (χ3v) is 2.53. The van der Waals surface area contributed by atoms with Gasteiger partial charge in [0.2, 0.25) is 0 Å². The fraction of sp³-hybridized carbons (Fsp3) is 1.00. The van der Waals surface area contributed by atoms with Crippen LogP contribution in [0.1, 0.15) is 73.1 Å². The van der Waals surface area contributed by atoms with Crippen molar-refractivity contribution < 1.29 is 0 Å². The molecule has 0 bridgehead atoms. The smallest absolute Gasteiger partial charge is 0.00187 e. The summed E-state index contributed by atoms with van der Waals surface area (Å²) in [7, 11) is 0. The first-order chi connectivity index (χ1) is 7.43. The first kappa shape index (κ1) is 17.4. The topological polar surface area (TPSA) is 3.24 Å². The van der Waals surface area contributed by atoms with E-state index in [1.54, 1.807) is 0 Å². The first-order valence-corrected chi connectivity index (χ1v) is 7.16. The summed E-state index contributed by atoms with van der Waals surface area (Å²) in [6.07, 6.45) is 8.52. The molecule has 0 radical (unpaired) electrons. The summed E-state index contributed by atoms with van der Waals surface area (Å²) < 4.78 is 0. The van der Waals surface area contributed by atoms with E-state index >= 15 is 0 Å². The maximum atomic E-state index is 2.62. The van der Waals surface area contributed by atoms with Gasteiger partial charge in [-0.1, -0.05) is 53.9 Å². The Hall–Kier alpha value is -0.0400.